The minimum absolute atomic E-state index is 0.294. The van der Waals surface area contributed by atoms with E-state index in [1.807, 2.05) is 20.8 Å². The van der Waals surface area contributed by atoms with Crippen molar-refractivity contribution in [3.8, 4) is 5.75 Å². The Morgan fingerprint density at radius 3 is 1.85 bits per heavy atom. The van der Waals surface area contributed by atoms with Crippen LogP contribution in [0.15, 0.2) is 24.3 Å². The van der Waals surface area contributed by atoms with Crippen molar-refractivity contribution in [2.45, 2.75) is 77.3 Å². The Hall–Kier alpha value is -1.76. The maximum absolute atomic E-state index is 13.0. The molecule has 0 radical (unpaired) electrons. The summed E-state index contributed by atoms with van der Waals surface area (Å²) in [6, 6.07) is 6.49. The van der Waals surface area contributed by atoms with Gasteiger partial charge in [0.2, 0.25) is 0 Å². The molecule has 2 N–H and O–H groups in total. The second-order valence-electron chi connectivity index (χ2n) is 8.49. The first kappa shape index (κ1) is 22.3. The molecular weight excluding hydrogens is 347 g/mol. The molecule has 4 nitrogen and oxygen atoms in total. The van der Waals surface area contributed by atoms with Crippen LogP contribution < -0.4 is 10.5 Å². The topological polar surface area (TPSA) is 61.5 Å². The van der Waals surface area contributed by atoms with Gasteiger partial charge in [0, 0.05) is 6.42 Å². The smallest absolute Gasteiger partial charge is 0.391 e. The van der Waals surface area contributed by atoms with Gasteiger partial charge < -0.3 is 15.2 Å². The molecule has 0 aliphatic heterocycles. The number of nitrogens with two attached hydrogens (primary N) is 1. The largest absolute Gasteiger partial charge is 0.488 e. The van der Waals surface area contributed by atoms with Crippen LogP contribution in [0.25, 0.3) is 0 Å². The van der Waals surface area contributed by atoms with E-state index in [9.17, 15) is 18.0 Å². The molecule has 1 aromatic rings. The van der Waals surface area contributed by atoms with Gasteiger partial charge in [-0.3, -0.25) is 4.79 Å². The van der Waals surface area contributed by atoms with Crippen molar-refractivity contribution >= 4 is 5.97 Å². The first-order valence-electron chi connectivity index (χ1n) is 8.36. The summed E-state index contributed by atoms with van der Waals surface area (Å²) >= 11 is 0. The predicted molar refractivity (Wildman–Crippen MR) is 94.0 cm³/mol. The molecule has 0 aliphatic rings. The fraction of sp³-hybridized carbons (Fsp3) is 0.632. The van der Waals surface area contributed by atoms with Crippen molar-refractivity contribution in [3.63, 3.8) is 0 Å². The van der Waals surface area contributed by atoms with Gasteiger partial charge in [-0.15, -0.1) is 0 Å². The summed E-state index contributed by atoms with van der Waals surface area (Å²) in [5.41, 5.74) is 2.84. The van der Waals surface area contributed by atoms with Gasteiger partial charge in [0.05, 0.1) is 6.42 Å². The highest BCUT2D eigenvalue weighted by atomic mass is 19.4. The Bertz CT molecular complexity index is 613. The number of esters is 1. The third kappa shape index (κ3) is 8.08. The molecule has 0 spiro atoms. The molecule has 148 valence electrons. The SMILES string of the molecule is CC(C)(C)OC(=O)[C@](N)(Cc1ccc(OC(C)(C)C)cc1)CC(F)(F)F. The zero-order valence-electron chi connectivity index (χ0n) is 16.2. The number of benzene rings is 1. The first-order valence-corrected chi connectivity index (χ1v) is 8.36. The van der Waals surface area contributed by atoms with Gasteiger partial charge in [-0.1, -0.05) is 12.1 Å². The third-order valence-corrected chi connectivity index (χ3v) is 3.19. The lowest BCUT2D eigenvalue weighted by atomic mass is 9.88. The van der Waals surface area contributed by atoms with Crippen LogP contribution in [0.2, 0.25) is 0 Å². The Morgan fingerprint density at radius 2 is 1.46 bits per heavy atom. The van der Waals surface area contributed by atoms with E-state index in [4.69, 9.17) is 15.2 Å². The van der Waals surface area contributed by atoms with Crippen LogP contribution in [-0.2, 0) is 16.0 Å². The molecule has 0 amide bonds. The highest BCUT2D eigenvalue weighted by Gasteiger charge is 2.47. The number of ether oxygens (including phenoxy) is 2. The summed E-state index contributed by atoms with van der Waals surface area (Å²) in [6.07, 6.45) is -6.35. The van der Waals surface area contributed by atoms with Gasteiger partial charge in [0.25, 0.3) is 0 Å². The molecule has 0 heterocycles. The Morgan fingerprint density at radius 1 is 0.962 bits per heavy atom. The molecule has 26 heavy (non-hydrogen) atoms. The number of carbonyl (C=O) groups is 1. The number of halogens is 3. The number of hydrogen-bond acceptors (Lipinski definition) is 4. The van der Waals surface area contributed by atoms with E-state index in [2.05, 4.69) is 0 Å². The van der Waals surface area contributed by atoms with E-state index in [1.165, 1.54) is 0 Å². The lowest BCUT2D eigenvalue weighted by Gasteiger charge is -2.32. The second kappa shape index (κ2) is 7.47. The summed E-state index contributed by atoms with van der Waals surface area (Å²) in [7, 11) is 0. The quantitative estimate of drug-likeness (QED) is 0.775. The van der Waals surface area contributed by atoms with Crippen molar-refractivity contribution in [2.24, 2.45) is 5.73 Å². The van der Waals surface area contributed by atoms with Crippen LogP contribution in [0.3, 0.4) is 0 Å². The average molecular weight is 375 g/mol. The van der Waals surface area contributed by atoms with Gasteiger partial charge in [-0.25, -0.2) is 0 Å². The normalized spacial score (nSPS) is 15.3. The van der Waals surface area contributed by atoms with E-state index in [1.54, 1.807) is 45.0 Å². The molecule has 1 aromatic carbocycles. The van der Waals surface area contributed by atoms with Crippen LogP contribution in [0, 0.1) is 0 Å². The monoisotopic (exact) mass is 375 g/mol. The van der Waals surface area contributed by atoms with Gasteiger partial charge in [-0.05, 0) is 59.2 Å². The molecule has 0 saturated heterocycles. The van der Waals surface area contributed by atoms with Crippen molar-refractivity contribution < 1.29 is 27.4 Å². The maximum Gasteiger partial charge on any atom is 0.391 e. The van der Waals surface area contributed by atoms with Crippen LogP contribution in [0.1, 0.15) is 53.5 Å². The average Bonchev–Trinajstić information content (AvgIpc) is 2.35. The van der Waals surface area contributed by atoms with Crippen LogP contribution in [0.4, 0.5) is 13.2 Å². The molecule has 7 heteroatoms. The number of hydrogen-bond donors (Lipinski definition) is 1. The highest BCUT2D eigenvalue weighted by Crippen LogP contribution is 2.31. The number of alkyl halides is 3. The van der Waals surface area contributed by atoms with E-state index >= 15 is 0 Å². The zero-order valence-corrected chi connectivity index (χ0v) is 16.2. The molecule has 1 atom stereocenters. The third-order valence-electron chi connectivity index (χ3n) is 3.19. The number of rotatable bonds is 5. The van der Waals surface area contributed by atoms with Gasteiger partial charge >= 0.3 is 12.1 Å². The zero-order chi connectivity index (χ0) is 20.4. The standard InChI is InChI=1S/C19H28F3NO3/c1-16(2,3)25-14-9-7-13(8-10-14)11-18(23,12-19(20,21)22)15(24)26-17(4,5)6/h7-10H,11-12,23H2,1-6H3/t18-/m0/s1. The highest BCUT2D eigenvalue weighted by molar-refractivity contribution is 5.81. The second-order valence-corrected chi connectivity index (χ2v) is 8.49. The van der Waals surface area contributed by atoms with E-state index in [0.717, 1.165) is 0 Å². The number of carbonyl (C=O) groups excluding carboxylic acids is 1. The Balaban J connectivity index is 3.04. The molecule has 0 bridgehead atoms. The lowest BCUT2D eigenvalue weighted by Crippen LogP contribution is -2.55. The van der Waals surface area contributed by atoms with Crippen LogP contribution in [-0.4, -0.2) is 28.9 Å². The summed E-state index contributed by atoms with van der Waals surface area (Å²) in [6.45, 7) is 10.4. The Labute approximate surface area is 152 Å². The summed E-state index contributed by atoms with van der Waals surface area (Å²) < 4.78 is 49.8. The van der Waals surface area contributed by atoms with Crippen LogP contribution in [0.5, 0.6) is 5.75 Å². The minimum Gasteiger partial charge on any atom is -0.488 e. The maximum atomic E-state index is 13.0. The van der Waals surface area contributed by atoms with Crippen LogP contribution >= 0.6 is 0 Å². The van der Waals surface area contributed by atoms with Crippen molar-refractivity contribution in [1.29, 1.82) is 0 Å². The van der Waals surface area contributed by atoms with E-state index in [-0.39, 0.29) is 6.42 Å². The van der Waals surface area contributed by atoms with Crippen molar-refractivity contribution in [3.05, 3.63) is 29.8 Å². The molecule has 0 aliphatic carbocycles. The first-order chi connectivity index (χ1) is 11.5. The Kier molecular flexibility index (Phi) is 6.40. The molecular formula is C19H28F3NO3. The summed E-state index contributed by atoms with van der Waals surface area (Å²) in [5, 5.41) is 0. The molecule has 0 unspecified atom stereocenters. The van der Waals surface area contributed by atoms with Gasteiger partial charge in [0.1, 0.15) is 22.5 Å². The predicted octanol–water partition coefficient (Wildman–Crippen LogP) is 4.40. The van der Waals surface area contributed by atoms with Gasteiger partial charge in [-0.2, -0.15) is 13.2 Å². The van der Waals surface area contributed by atoms with Crippen molar-refractivity contribution in [2.75, 3.05) is 0 Å². The van der Waals surface area contributed by atoms with E-state index < -0.39 is 35.3 Å². The van der Waals surface area contributed by atoms with Crippen molar-refractivity contribution in [1.82, 2.24) is 0 Å². The summed E-state index contributed by atoms with van der Waals surface area (Å²) in [4.78, 5) is 12.3. The molecule has 1 rings (SSSR count). The fourth-order valence-electron chi connectivity index (χ4n) is 2.34. The van der Waals surface area contributed by atoms with Gasteiger partial charge in [0.15, 0.2) is 0 Å². The minimum atomic E-state index is -4.60. The molecule has 0 fully saturated rings. The fourth-order valence-corrected chi connectivity index (χ4v) is 2.34. The summed E-state index contributed by atoms with van der Waals surface area (Å²) in [5.74, 6) is -0.491. The molecule has 0 saturated carbocycles. The molecule has 0 aromatic heterocycles. The van der Waals surface area contributed by atoms with E-state index in [0.29, 0.717) is 11.3 Å². The lowest BCUT2D eigenvalue weighted by molar-refractivity contribution is -0.179.